The summed E-state index contributed by atoms with van der Waals surface area (Å²) in [6.45, 7) is -0.183. The maximum Gasteiger partial charge on any atom is 0.111 e. The van der Waals surface area contributed by atoms with Crippen LogP contribution in [0.3, 0.4) is 0 Å². The number of nitrogens with one attached hydrogen (secondary N) is 1. The molecule has 0 radical (unpaired) electrons. The maximum absolute atomic E-state index is 10.2. The second-order valence-corrected chi connectivity index (χ2v) is 7.04. The quantitative estimate of drug-likeness (QED) is 0.142. The molecule has 0 aromatic heterocycles. The summed E-state index contributed by atoms with van der Waals surface area (Å²) in [5, 5.41) is 90.0. The molecule has 11 heteroatoms. The minimum absolute atomic E-state index is 0.101. The monoisotopic (exact) mass is 398 g/mol. The van der Waals surface area contributed by atoms with Crippen LogP contribution in [-0.4, -0.2) is 139 Å². The standard InChI is InChI=1S/C16H34N2O9/c19-4-2-10(21)14(25)11(22)6-18(9-1-3-17-5-9)7-12(23)15(26)16(27)13(24)8-20/h9-17,19-27H,1-8H2/t9-,10+,11-,12-,13+,14-,15+,16+/m0/s1. The van der Waals surface area contributed by atoms with Crippen LogP contribution in [0, 0.1) is 0 Å². The molecule has 1 aliphatic rings. The van der Waals surface area contributed by atoms with Gasteiger partial charge in [0.05, 0.1) is 24.9 Å². The lowest BCUT2D eigenvalue weighted by Crippen LogP contribution is -2.54. The first-order valence-corrected chi connectivity index (χ1v) is 9.15. The Bertz CT molecular complexity index is 400. The third-order valence-corrected chi connectivity index (χ3v) is 4.93. The molecule has 0 aliphatic carbocycles. The van der Waals surface area contributed by atoms with Crippen molar-refractivity contribution in [2.45, 2.75) is 61.6 Å². The predicted octanol–water partition coefficient (Wildman–Crippen LogP) is -5.45. The molecule has 1 fully saturated rings. The summed E-state index contributed by atoms with van der Waals surface area (Å²) in [5.41, 5.74) is 0. The van der Waals surface area contributed by atoms with Crippen LogP contribution >= 0.6 is 0 Å². The third kappa shape index (κ3) is 7.48. The second-order valence-electron chi connectivity index (χ2n) is 7.04. The lowest BCUT2D eigenvalue weighted by Gasteiger charge is -2.36. The normalized spacial score (nSPS) is 25.8. The van der Waals surface area contributed by atoms with Crippen molar-refractivity contribution in [3.8, 4) is 0 Å². The highest BCUT2D eigenvalue weighted by molar-refractivity contribution is 4.89. The average Bonchev–Trinajstić information content (AvgIpc) is 3.19. The Labute approximate surface area is 158 Å². The van der Waals surface area contributed by atoms with Gasteiger partial charge in [0.2, 0.25) is 0 Å². The van der Waals surface area contributed by atoms with Crippen LogP contribution in [0.1, 0.15) is 12.8 Å². The van der Waals surface area contributed by atoms with Crippen LogP contribution in [0.4, 0.5) is 0 Å². The van der Waals surface area contributed by atoms with Crippen molar-refractivity contribution < 1.29 is 46.0 Å². The second kappa shape index (κ2) is 12.2. The highest BCUT2D eigenvalue weighted by Gasteiger charge is 2.35. The van der Waals surface area contributed by atoms with E-state index in [9.17, 15) is 35.7 Å². The van der Waals surface area contributed by atoms with Crippen molar-refractivity contribution in [2.24, 2.45) is 0 Å². The lowest BCUT2D eigenvalue weighted by molar-refractivity contribution is -0.125. The zero-order valence-electron chi connectivity index (χ0n) is 15.2. The van der Waals surface area contributed by atoms with Crippen LogP contribution in [0.2, 0.25) is 0 Å². The molecule has 1 heterocycles. The van der Waals surface area contributed by atoms with Crippen LogP contribution in [0.5, 0.6) is 0 Å². The Morgan fingerprint density at radius 1 is 0.778 bits per heavy atom. The molecule has 11 nitrogen and oxygen atoms in total. The molecule has 162 valence electrons. The molecule has 0 spiro atoms. The molecule has 0 aromatic rings. The van der Waals surface area contributed by atoms with Crippen LogP contribution < -0.4 is 5.32 Å². The largest absolute Gasteiger partial charge is 0.396 e. The Morgan fingerprint density at radius 2 is 1.33 bits per heavy atom. The minimum Gasteiger partial charge on any atom is -0.396 e. The van der Waals surface area contributed by atoms with E-state index in [2.05, 4.69) is 5.32 Å². The van der Waals surface area contributed by atoms with E-state index < -0.39 is 49.3 Å². The van der Waals surface area contributed by atoms with Gasteiger partial charge in [-0.2, -0.15) is 0 Å². The molecule has 0 aromatic carbocycles. The van der Waals surface area contributed by atoms with Gasteiger partial charge in [-0.05, 0) is 19.4 Å². The number of aliphatic hydroxyl groups excluding tert-OH is 9. The molecule has 1 rings (SSSR count). The fraction of sp³-hybridized carbons (Fsp3) is 1.00. The minimum atomic E-state index is -1.75. The topological polar surface area (TPSA) is 197 Å². The van der Waals surface area contributed by atoms with Gasteiger partial charge in [-0.15, -0.1) is 0 Å². The fourth-order valence-electron chi connectivity index (χ4n) is 3.14. The van der Waals surface area contributed by atoms with E-state index in [-0.39, 0.29) is 32.2 Å². The van der Waals surface area contributed by atoms with Crippen molar-refractivity contribution in [1.29, 1.82) is 0 Å². The zero-order valence-corrected chi connectivity index (χ0v) is 15.2. The van der Waals surface area contributed by atoms with E-state index in [0.717, 1.165) is 0 Å². The molecule has 0 amide bonds. The molecular weight excluding hydrogens is 364 g/mol. The number of rotatable bonds is 13. The molecular formula is C16H34N2O9. The Balaban J connectivity index is 2.74. The number of aliphatic hydroxyl groups is 9. The van der Waals surface area contributed by atoms with Gasteiger partial charge in [-0.25, -0.2) is 0 Å². The Hall–Kier alpha value is -0.440. The van der Waals surface area contributed by atoms with E-state index >= 15 is 0 Å². The first kappa shape index (κ1) is 24.6. The Kier molecular flexibility index (Phi) is 11.1. The number of hydrogen-bond donors (Lipinski definition) is 10. The Morgan fingerprint density at radius 3 is 1.81 bits per heavy atom. The van der Waals surface area contributed by atoms with Gasteiger partial charge in [-0.1, -0.05) is 0 Å². The van der Waals surface area contributed by atoms with E-state index in [1.165, 1.54) is 0 Å². The molecule has 8 atom stereocenters. The molecule has 10 N–H and O–H groups in total. The SMILES string of the molecule is OCC[C@@H](O)[C@H](O)[C@@H](O)CN(C[C@H](O)[C@@H](O)[C@H](O)[C@H](O)CO)[C@H]1CCNC1. The predicted molar refractivity (Wildman–Crippen MR) is 93.7 cm³/mol. The summed E-state index contributed by atoms with van der Waals surface area (Å²) < 4.78 is 0. The van der Waals surface area contributed by atoms with Gasteiger partial charge in [0.15, 0.2) is 0 Å². The molecule has 1 saturated heterocycles. The van der Waals surface area contributed by atoms with Crippen molar-refractivity contribution >= 4 is 0 Å². The summed E-state index contributed by atoms with van der Waals surface area (Å²) in [6.07, 6.45) is -10.2. The fourth-order valence-corrected chi connectivity index (χ4v) is 3.14. The first-order valence-electron chi connectivity index (χ1n) is 9.15. The van der Waals surface area contributed by atoms with E-state index in [1.54, 1.807) is 4.90 Å². The number of nitrogens with zero attached hydrogens (tertiary/aromatic N) is 1. The molecule has 0 saturated carbocycles. The van der Waals surface area contributed by atoms with Crippen molar-refractivity contribution in [2.75, 3.05) is 39.4 Å². The lowest BCUT2D eigenvalue weighted by atomic mass is 10.0. The van der Waals surface area contributed by atoms with E-state index in [1.807, 2.05) is 0 Å². The molecule has 0 bridgehead atoms. The zero-order chi connectivity index (χ0) is 20.6. The van der Waals surface area contributed by atoms with Gasteiger partial charge in [0.25, 0.3) is 0 Å². The van der Waals surface area contributed by atoms with E-state index in [0.29, 0.717) is 19.5 Å². The van der Waals surface area contributed by atoms with Crippen LogP contribution in [-0.2, 0) is 0 Å². The van der Waals surface area contributed by atoms with Gasteiger partial charge in [0.1, 0.15) is 24.4 Å². The highest BCUT2D eigenvalue weighted by atomic mass is 16.4. The van der Waals surface area contributed by atoms with Gasteiger partial charge in [0, 0.05) is 32.3 Å². The van der Waals surface area contributed by atoms with Gasteiger partial charge in [-0.3, -0.25) is 4.90 Å². The third-order valence-electron chi connectivity index (χ3n) is 4.93. The van der Waals surface area contributed by atoms with Crippen LogP contribution in [0.25, 0.3) is 0 Å². The smallest absolute Gasteiger partial charge is 0.111 e. The molecule has 27 heavy (non-hydrogen) atoms. The molecule has 0 unspecified atom stereocenters. The number of hydrogen-bond acceptors (Lipinski definition) is 11. The van der Waals surface area contributed by atoms with Crippen LogP contribution in [0.15, 0.2) is 0 Å². The van der Waals surface area contributed by atoms with Crippen molar-refractivity contribution in [3.05, 3.63) is 0 Å². The first-order chi connectivity index (χ1) is 12.7. The van der Waals surface area contributed by atoms with E-state index in [4.69, 9.17) is 10.2 Å². The van der Waals surface area contributed by atoms with Crippen molar-refractivity contribution in [3.63, 3.8) is 0 Å². The summed E-state index contributed by atoms with van der Waals surface area (Å²) in [5.74, 6) is 0. The van der Waals surface area contributed by atoms with Gasteiger partial charge < -0.3 is 51.3 Å². The molecule has 1 aliphatic heterocycles. The summed E-state index contributed by atoms with van der Waals surface area (Å²) in [7, 11) is 0. The summed E-state index contributed by atoms with van der Waals surface area (Å²) >= 11 is 0. The average molecular weight is 398 g/mol. The van der Waals surface area contributed by atoms with Gasteiger partial charge >= 0.3 is 0 Å². The van der Waals surface area contributed by atoms with Crippen molar-refractivity contribution in [1.82, 2.24) is 10.2 Å². The highest BCUT2D eigenvalue weighted by Crippen LogP contribution is 2.15. The summed E-state index contributed by atoms with van der Waals surface area (Å²) in [6, 6.07) is -0.122. The maximum atomic E-state index is 10.2. The summed E-state index contributed by atoms with van der Waals surface area (Å²) in [4.78, 5) is 1.62.